The maximum absolute atomic E-state index is 12.4. The Morgan fingerprint density at radius 3 is 2.59 bits per heavy atom. The molecule has 96 valence electrons. The zero-order chi connectivity index (χ0) is 13.0. The van der Waals surface area contributed by atoms with E-state index in [0.29, 0.717) is 6.42 Å². The van der Waals surface area contributed by atoms with Gasteiger partial charge in [0.15, 0.2) is 0 Å². The summed E-state index contributed by atoms with van der Waals surface area (Å²) < 4.78 is 25.7. The molecule has 2 nitrogen and oxygen atoms in total. The van der Waals surface area contributed by atoms with E-state index < -0.39 is 6.43 Å². The average Bonchev–Trinajstić information content (AvgIpc) is 2.19. The first-order valence-corrected chi connectivity index (χ1v) is 6.22. The quantitative estimate of drug-likeness (QED) is 0.906. The van der Waals surface area contributed by atoms with Crippen molar-refractivity contribution in [3.8, 4) is 0 Å². The van der Waals surface area contributed by atoms with Gasteiger partial charge in [0.2, 0.25) is 0 Å². The molecule has 0 fully saturated rings. The molecule has 1 aromatic carbocycles. The number of rotatable bonds is 5. The number of hydrogen-bond donors (Lipinski definition) is 1. The van der Waals surface area contributed by atoms with Crippen LogP contribution < -0.4 is 10.6 Å². The molecular weight excluding hydrogens is 290 g/mol. The van der Waals surface area contributed by atoms with Crippen LogP contribution in [0.1, 0.15) is 12.5 Å². The molecule has 1 unspecified atom stereocenters. The minimum absolute atomic E-state index is 0.00914. The summed E-state index contributed by atoms with van der Waals surface area (Å²) in [6.45, 7) is 1.63. The minimum atomic E-state index is -2.35. The van der Waals surface area contributed by atoms with Gasteiger partial charge in [0.05, 0.1) is 6.54 Å². The van der Waals surface area contributed by atoms with Crippen LogP contribution in [0.25, 0.3) is 0 Å². The molecule has 0 heterocycles. The van der Waals surface area contributed by atoms with Gasteiger partial charge >= 0.3 is 0 Å². The van der Waals surface area contributed by atoms with Crippen molar-refractivity contribution in [2.75, 3.05) is 18.5 Å². The van der Waals surface area contributed by atoms with Crippen molar-refractivity contribution < 1.29 is 8.78 Å². The highest BCUT2D eigenvalue weighted by Gasteiger charge is 2.13. The van der Waals surface area contributed by atoms with Crippen molar-refractivity contribution in [1.82, 2.24) is 0 Å². The van der Waals surface area contributed by atoms with Crippen LogP contribution in [-0.2, 0) is 6.42 Å². The molecule has 1 aromatic rings. The molecule has 5 heteroatoms. The normalized spacial score (nSPS) is 12.9. The van der Waals surface area contributed by atoms with Gasteiger partial charge in [-0.2, -0.15) is 0 Å². The number of benzene rings is 1. The van der Waals surface area contributed by atoms with Gasteiger partial charge in [-0.25, -0.2) is 8.78 Å². The molecular formula is C12H17BrF2N2. The summed E-state index contributed by atoms with van der Waals surface area (Å²) in [6.07, 6.45) is -1.67. The lowest BCUT2D eigenvalue weighted by molar-refractivity contribution is 0.156. The maximum atomic E-state index is 12.4. The zero-order valence-corrected chi connectivity index (χ0v) is 11.5. The largest absolute Gasteiger partial charge is 0.369 e. The van der Waals surface area contributed by atoms with Crippen LogP contribution >= 0.6 is 15.9 Å². The van der Waals surface area contributed by atoms with Gasteiger partial charge in [0, 0.05) is 23.2 Å². The molecule has 17 heavy (non-hydrogen) atoms. The van der Waals surface area contributed by atoms with Crippen LogP contribution in [0, 0.1) is 0 Å². The topological polar surface area (TPSA) is 29.3 Å². The van der Waals surface area contributed by atoms with E-state index in [1.165, 1.54) is 0 Å². The van der Waals surface area contributed by atoms with Gasteiger partial charge in [0.1, 0.15) is 0 Å². The van der Waals surface area contributed by atoms with Gasteiger partial charge < -0.3 is 10.6 Å². The third-order valence-electron chi connectivity index (χ3n) is 2.41. The van der Waals surface area contributed by atoms with Crippen molar-refractivity contribution >= 4 is 21.6 Å². The van der Waals surface area contributed by atoms with Crippen molar-refractivity contribution in [1.29, 1.82) is 0 Å². The molecule has 0 aliphatic rings. The van der Waals surface area contributed by atoms with Crippen LogP contribution in [0.4, 0.5) is 14.5 Å². The summed E-state index contributed by atoms with van der Waals surface area (Å²) >= 11 is 3.35. The van der Waals surface area contributed by atoms with E-state index in [-0.39, 0.29) is 12.6 Å². The first-order chi connectivity index (χ1) is 7.90. The minimum Gasteiger partial charge on any atom is -0.369 e. The monoisotopic (exact) mass is 306 g/mol. The van der Waals surface area contributed by atoms with Gasteiger partial charge in [-0.3, -0.25) is 0 Å². The predicted octanol–water partition coefficient (Wildman–Crippen LogP) is 3.04. The van der Waals surface area contributed by atoms with E-state index >= 15 is 0 Å². The fraction of sp³-hybridized carbons (Fsp3) is 0.500. The fourth-order valence-electron chi connectivity index (χ4n) is 1.72. The van der Waals surface area contributed by atoms with E-state index in [0.717, 1.165) is 15.7 Å². The van der Waals surface area contributed by atoms with Crippen LogP contribution in [0.5, 0.6) is 0 Å². The second-order valence-corrected chi connectivity index (χ2v) is 5.14. The molecule has 0 spiro atoms. The fourth-order valence-corrected chi connectivity index (χ4v) is 2.07. The molecule has 0 amide bonds. The summed E-state index contributed by atoms with van der Waals surface area (Å²) in [4.78, 5) is 1.56. The van der Waals surface area contributed by atoms with E-state index in [1.807, 2.05) is 25.1 Å². The highest BCUT2D eigenvalue weighted by molar-refractivity contribution is 9.10. The number of hydrogen-bond acceptors (Lipinski definition) is 2. The van der Waals surface area contributed by atoms with Crippen LogP contribution in [0.3, 0.4) is 0 Å². The summed E-state index contributed by atoms with van der Waals surface area (Å²) in [5.41, 5.74) is 7.55. The highest BCUT2D eigenvalue weighted by Crippen LogP contribution is 2.25. The first-order valence-electron chi connectivity index (χ1n) is 5.43. The van der Waals surface area contributed by atoms with E-state index in [2.05, 4.69) is 15.9 Å². The number of alkyl halides is 2. The van der Waals surface area contributed by atoms with Gasteiger partial charge in [0.25, 0.3) is 6.43 Å². The summed E-state index contributed by atoms with van der Waals surface area (Å²) in [6, 6.07) is 5.68. The summed E-state index contributed by atoms with van der Waals surface area (Å²) in [7, 11) is 1.67. The number of halogens is 3. The van der Waals surface area contributed by atoms with Crippen molar-refractivity contribution in [3.05, 3.63) is 28.2 Å². The van der Waals surface area contributed by atoms with Crippen molar-refractivity contribution in [2.45, 2.75) is 25.8 Å². The number of nitrogens with zero attached hydrogens (tertiary/aromatic N) is 1. The van der Waals surface area contributed by atoms with Gasteiger partial charge in [-0.1, -0.05) is 22.0 Å². The molecule has 1 rings (SSSR count). The molecule has 0 saturated carbocycles. The van der Waals surface area contributed by atoms with Crippen LogP contribution in [0.15, 0.2) is 22.7 Å². The van der Waals surface area contributed by atoms with E-state index in [9.17, 15) is 8.78 Å². The Bertz CT molecular complexity index is 370. The molecule has 0 radical (unpaired) electrons. The number of anilines is 1. The van der Waals surface area contributed by atoms with Crippen molar-refractivity contribution in [2.24, 2.45) is 5.73 Å². The molecule has 0 aliphatic heterocycles. The SMILES string of the molecule is CC(N)Cc1ccc(Br)cc1N(C)CC(F)F. The standard InChI is InChI=1S/C12H17BrF2N2/c1-8(16)5-9-3-4-10(13)6-11(9)17(2)7-12(14)15/h3-4,6,8,12H,5,7,16H2,1-2H3. The van der Waals surface area contributed by atoms with Crippen LogP contribution in [0.2, 0.25) is 0 Å². The lowest BCUT2D eigenvalue weighted by Gasteiger charge is -2.23. The Balaban J connectivity index is 2.97. The molecule has 0 saturated heterocycles. The Morgan fingerprint density at radius 1 is 1.41 bits per heavy atom. The summed E-state index contributed by atoms with van der Waals surface area (Å²) in [5, 5.41) is 0. The number of nitrogens with two attached hydrogens (primary N) is 1. The third-order valence-corrected chi connectivity index (χ3v) is 2.91. The predicted molar refractivity (Wildman–Crippen MR) is 70.8 cm³/mol. The molecule has 0 aliphatic carbocycles. The lowest BCUT2D eigenvalue weighted by atomic mass is 10.0. The average molecular weight is 307 g/mol. The summed E-state index contributed by atoms with van der Waals surface area (Å²) in [5.74, 6) is 0. The smallest absolute Gasteiger partial charge is 0.255 e. The van der Waals surface area contributed by atoms with Crippen molar-refractivity contribution in [3.63, 3.8) is 0 Å². The molecule has 0 aromatic heterocycles. The maximum Gasteiger partial charge on any atom is 0.255 e. The molecule has 2 N–H and O–H groups in total. The van der Waals surface area contributed by atoms with Gasteiger partial charge in [-0.05, 0) is 31.0 Å². The van der Waals surface area contributed by atoms with E-state index in [4.69, 9.17) is 5.73 Å². The Morgan fingerprint density at radius 2 is 2.06 bits per heavy atom. The second-order valence-electron chi connectivity index (χ2n) is 4.23. The first kappa shape index (κ1) is 14.4. The third kappa shape index (κ3) is 4.60. The molecule has 0 bridgehead atoms. The van der Waals surface area contributed by atoms with E-state index in [1.54, 1.807) is 11.9 Å². The Kier molecular flexibility index (Phi) is 5.33. The Labute approximate surface area is 109 Å². The highest BCUT2D eigenvalue weighted by atomic mass is 79.9. The zero-order valence-electron chi connectivity index (χ0n) is 9.96. The molecule has 1 atom stereocenters. The Hall–Kier alpha value is -0.680. The van der Waals surface area contributed by atoms with Crippen LogP contribution in [-0.4, -0.2) is 26.1 Å². The second kappa shape index (κ2) is 6.31. The lowest BCUT2D eigenvalue weighted by Crippen LogP contribution is -2.26. The van der Waals surface area contributed by atoms with Gasteiger partial charge in [-0.15, -0.1) is 0 Å².